The molecule has 0 amide bonds. The van der Waals surface area contributed by atoms with E-state index >= 15 is 4.39 Å². The molecule has 3 fully saturated rings. The Morgan fingerprint density at radius 2 is 1.91 bits per heavy atom. The number of carbonyl (C=O) groups is 2. The third-order valence-electron chi connectivity index (χ3n) is 8.88. The van der Waals surface area contributed by atoms with Crippen LogP contribution in [0, 0.1) is 28.6 Å². The lowest BCUT2D eigenvalue weighted by molar-refractivity contribution is -0.254. The normalized spacial score (nSPS) is 48.6. The molecule has 10 heteroatoms. The number of allylic oxidation sites excluding steroid dienone is 4. The molecule has 0 spiro atoms. The van der Waals surface area contributed by atoms with Gasteiger partial charge in [0.2, 0.25) is 0 Å². The average molecular weight is 472 g/mol. The maximum Gasteiger partial charge on any atom is 0.469 e. The lowest BCUT2D eigenvalue weighted by Gasteiger charge is -2.66. The van der Waals surface area contributed by atoms with Crippen LogP contribution < -0.4 is 0 Å². The van der Waals surface area contributed by atoms with Crippen molar-refractivity contribution in [2.75, 3.05) is 6.61 Å². The van der Waals surface area contributed by atoms with Gasteiger partial charge in [-0.25, -0.2) is 8.96 Å². The van der Waals surface area contributed by atoms with E-state index in [1.807, 2.05) is 0 Å². The molecule has 4 aliphatic rings. The molecule has 0 aromatic heterocycles. The highest BCUT2D eigenvalue weighted by Crippen LogP contribution is 2.68. The first-order valence-electron chi connectivity index (χ1n) is 10.9. The van der Waals surface area contributed by atoms with E-state index in [4.69, 9.17) is 0 Å². The van der Waals surface area contributed by atoms with Crippen LogP contribution in [0.15, 0.2) is 23.8 Å². The van der Waals surface area contributed by atoms with Crippen LogP contribution in [-0.2, 0) is 18.7 Å². The second-order valence-corrected chi connectivity index (χ2v) is 11.6. The Kier molecular flexibility index (Phi) is 5.34. The minimum Gasteiger partial charge on any atom is -0.390 e. The number of hydrogen-bond acceptors (Lipinski definition) is 6. The van der Waals surface area contributed by atoms with Crippen molar-refractivity contribution in [2.24, 2.45) is 28.6 Å². The van der Waals surface area contributed by atoms with E-state index in [-0.39, 0.29) is 18.6 Å². The summed E-state index contributed by atoms with van der Waals surface area (Å²) >= 11 is 0. The van der Waals surface area contributed by atoms with Crippen molar-refractivity contribution in [2.45, 2.75) is 63.8 Å². The number of alkyl halides is 1. The van der Waals surface area contributed by atoms with Crippen molar-refractivity contribution in [3.05, 3.63) is 23.8 Å². The number of Topliss-reactive ketones (excluding diaryl/α,β-unsaturated/α-hetero) is 1. The SMILES string of the molecule is CC1C[C@H]2[C@@H]3CCC4=CC(=O)C=C[C@]4(C)[C@@]3(F)[C@@H](O)C[C@]2(C)[C@@](O)(COP(=O)(O)O)C1=O. The Labute approximate surface area is 185 Å². The molecule has 0 saturated heterocycles. The first-order valence-corrected chi connectivity index (χ1v) is 12.4. The van der Waals surface area contributed by atoms with E-state index in [9.17, 15) is 34.2 Å². The number of fused-ring (bicyclic) bond motifs is 5. The molecule has 4 rings (SSSR count). The summed E-state index contributed by atoms with van der Waals surface area (Å²) in [6.07, 6.45) is 3.39. The molecule has 3 saturated carbocycles. The second-order valence-electron chi connectivity index (χ2n) is 10.4. The van der Waals surface area contributed by atoms with E-state index in [0.717, 1.165) is 0 Å². The first kappa shape index (κ1) is 23.9. The van der Waals surface area contributed by atoms with Crippen LogP contribution in [0.4, 0.5) is 4.39 Å². The molecule has 0 bridgehead atoms. The van der Waals surface area contributed by atoms with Gasteiger partial charge in [-0.1, -0.05) is 25.5 Å². The minimum absolute atomic E-state index is 0.226. The zero-order chi connectivity index (χ0) is 23.9. The molecule has 0 radical (unpaired) electrons. The van der Waals surface area contributed by atoms with Gasteiger partial charge in [-0.2, -0.15) is 0 Å². The Balaban J connectivity index is 1.81. The highest BCUT2D eigenvalue weighted by atomic mass is 31.2. The number of ketones is 2. The zero-order valence-electron chi connectivity index (χ0n) is 18.3. The number of aliphatic hydroxyl groups is 2. The fraction of sp³-hybridized carbons (Fsp3) is 0.727. The summed E-state index contributed by atoms with van der Waals surface area (Å²) in [5, 5.41) is 22.7. The highest BCUT2D eigenvalue weighted by molar-refractivity contribution is 7.46. The van der Waals surface area contributed by atoms with Crippen LogP contribution in [0.5, 0.6) is 0 Å². The summed E-state index contributed by atoms with van der Waals surface area (Å²) in [6, 6.07) is 0. The van der Waals surface area contributed by atoms with Gasteiger partial charge in [0, 0.05) is 22.7 Å². The topological polar surface area (TPSA) is 141 Å². The number of halogens is 1. The molecule has 8 atom stereocenters. The second kappa shape index (κ2) is 7.14. The molecular weight excluding hydrogens is 442 g/mol. The quantitative estimate of drug-likeness (QED) is 0.457. The van der Waals surface area contributed by atoms with Gasteiger partial charge >= 0.3 is 7.82 Å². The van der Waals surface area contributed by atoms with Crippen LogP contribution in [-0.4, -0.2) is 55.5 Å². The number of phosphoric acid groups is 1. The van der Waals surface area contributed by atoms with Crippen LogP contribution in [0.3, 0.4) is 0 Å². The summed E-state index contributed by atoms with van der Waals surface area (Å²) in [7, 11) is -4.99. The number of hydrogen-bond donors (Lipinski definition) is 4. The van der Waals surface area contributed by atoms with Crippen LogP contribution >= 0.6 is 7.82 Å². The summed E-state index contributed by atoms with van der Waals surface area (Å²) < 4.78 is 33.0. The van der Waals surface area contributed by atoms with Gasteiger partial charge in [-0.3, -0.25) is 14.1 Å². The van der Waals surface area contributed by atoms with E-state index in [0.29, 0.717) is 18.4 Å². The van der Waals surface area contributed by atoms with Gasteiger partial charge in [0.05, 0.1) is 12.7 Å². The van der Waals surface area contributed by atoms with Gasteiger partial charge in [0.1, 0.15) is 0 Å². The van der Waals surface area contributed by atoms with E-state index in [1.54, 1.807) is 20.8 Å². The summed E-state index contributed by atoms with van der Waals surface area (Å²) in [5.74, 6) is -2.84. The lowest BCUT2D eigenvalue weighted by atomic mass is 9.40. The lowest BCUT2D eigenvalue weighted by Crippen LogP contribution is -2.74. The largest absolute Gasteiger partial charge is 0.469 e. The predicted octanol–water partition coefficient (Wildman–Crippen LogP) is 2.01. The van der Waals surface area contributed by atoms with Crippen molar-refractivity contribution in [3.8, 4) is 0 Å². The predicted molar refractivity (Wildman–Crippen MR) is 111 cm³/mol. The van der Waals surface area contributed by atoms with Crippen molar-refractivity contribution in [3.63, 3.8) is 0 Å². The van der Waals surface area contributed by atoms with Gasteiger partial charge in [-0.15, -0.1) is 0 Å². The van der Waals surface area contributed by atoms with Crippen LogP contribution in [0.25, 0.3) is 0 Å². The standard InChI is InChI=1S/C22H30FO8P/c1-12-8-16-15-5-4-13-9-14(24)6-7-19(13,2)22(15,23)17(25)10-20(16,3)21(27,18(12)26)11-31-32(28,29)30/h6-7,9,12,15-17,25,27H,4-5,8,10-11H2,1-3H3,(H2,28,29,30)/t12?,15-,16-,17-,19-,20-,21+,22-/m0/s1. The molecule has 1 unspecified atom stereocenters. The van der Waals surface area contributed by atoms with Gasteiger partial charge in [0.15, 0.2) is 22.8 Å². The molecule has 4 aliphatic carbocycles. The van der Waals surface area contributed by atoms with E-state index in [1.165, 1.54) is 18.2 Å². The molecule has 8 nitrogen and oxygen atoms in total. The third-order valence-corrected chi connectivity index (χ3v) is 9.35. The molecule has 0 aliphatic heterocycles. The molecule has 0 aromatic carbocycles. The maximum atomic E-state index is 17.1. The molecule has 32 heavy (non-hydrogen) atoms. The number of aliphatic hydroxyl groups excluding tert-OH is 1. The molecular formula is C22H30FO8P. The number of rotatable bonds is 3. The van der Waals surface area contributed by atoms with E-state index in [2.05, 4.69) is 4.52 Å². The maximum absolute atomic E-state index is 17.1. The Morgan fingerprint density at radius 3 is 2.53 bits per heavy atom. The van der Waals surface area contributed by atoms with Crippen molar-refractivity contribution < 1.29 is 43.1 Å². The average Bonchev–Trinajstić information content (AvgIpc) is 2.69. The summed E-state index contributed by atoms with van der Waals surface area (Å²) in [5.41, 5.74) is -6.39. The molecule has 0 aromatic rings. The number of carbonyl (C=O) groups excluding carboxylic acids is 2. The fourth-order valence-electron chi connectivity index (χ4n) is 7.06. The first-order chi connectivity index (χ1) is 14.6. The van der Waals surface area contributed by atoms with Gasteiger partial charge in [0.25, 0.3) is 0 Å². The monoisotopic (exact) mass is 472 g/mol. The molecule has 4 N–H and O–H groups in total. The smallest absolute Gasteiger partial charge is 0.390 e. The highest BCUT2D eigenvalue weighted by Gasteiger charge is 2.74. The zero-order valence-corrected chi connectivity index (χ0v) is 19.2. The van der Waals surface area contributed by atoms with Gasteiger partial charge in [-0.05, 0) is 50.7 Å². The van der Waals surface area contributed by atoms with Crippen molar-refractivity contribution in [1.82, 2.24) is 0 Å². The fourth-order valence-corrected chi connectivity index (χ4v) is 7.42. The Hall–Kier alpha value is -1.22. The van der Waals surface area contributed by atoms with Crippen molar-refractivity contribution in [1.29, 1.82) is 0 Å². The third kappa shape index (κ3) is 3.02. The van der Waals surface area contributed by atoms with Crippen LogP contribution in [0.1, 0.15) is 46.5 Å². The Morgan fingerprint density at radius 1 is 1.25 bits per heavy atom. The van der Waals surface area contributed by atoms with E-state index < -0.39 is 66.2 Å². The van der Waals surface area contributed by atoms with Crippen molar-refractivity contribution >= 4 is 19.4 Å². The van der Waals surface area contributed by atoms with Crippen LogP contribution in [0.2, 0.25) is 0 Å². The number of phosphoric ester groups is 1. The van der Waals surface area contributed by atoms with Gasteiger partial charge < -0.3 is 20.0 Å². The summed E-state index contributed by atoms with van der Waals surface area (Å²) in [4.78, 5) is 43.3. The Bertz CT molecular complexity index is 973. The minimum atomic E-state index is -4.99. The summed E-state index contributed by atoms with van der Waals surface area (Å²) in [6.45, 7) is 3.90. The molecule has 0 heterocycles. The molecule has 178 valence electrons.